The van der Waals surface area contributed by atoms with Crippen LogP contribution in [0.4, 0.5) is 0 Å². The van der Waals surface area contributed by atoms with Gasteiger partial charge in [-0.3, -0.25) is 67.2 Å². The fourth-order valence-corrected chi connectivity index (χ4v) is 8.46. The first-order valence-electron chi connectivity index (χ1n) is 30.5. The fourth-order valence-electron chi connectivity index (χ4n) is 8.46. The van der Waals surface area contributed by atoms with E-state index in [0.29, 0.717) is 15.2 Å². The van der Waals surface area contributed by atoms with E-state index in [-0.39, 0.29) is 273 Å². The largest absolute Gasteiger partial charge is 0.463 e. The Hall–Kier alpha value is -7.80. The standard InChI is InChI=1S/C58H82N4O31/c63-42(37-59-43(64)13-14-44(59)65)5-1-6-51(72)87-33-29-79-21-25-83-38-58(39-84-26-22-80-30-34-88-52(73)7-2-10-55(76)91-60-45(66)15-16-46(60)67,40-85-27-23-81-31-35-89-53(74)8-3-11-56(77)92-61-47(68)17-18-48(61)69)41-86-28-24-82-32-36-90-54(75)9-4-12-57(78)93-62-49(70)19-20-50(62)71/h1-41H2. The SMILES string of the molecule is O=C(CCCC(=O)OCCOCCOCC(COCCOCCOC(=O)CCCC(=O)ON1C(=O)CCC1=O)(COCCOCCOC(=O)CCCC(=O)ON1C(=O)CCC1=O)COCCOCCOC(=O)CCCC(=O)ON1C(=O)CCC1=O)CN1C(=O)CCC1=O. The minimum absolute atomic E-state index is 0.00181. The van der Waals surface area contributed by atoms with Gasteiger partial charge in [0, 0.05) is 103 Å². The van der Waals surface area contributed by atoms with Crippen LogP contribution in [0.15, 0.2) is 0 Å². The number of nitrogens with zero attached hydrogens (tertiary/aromatic N) is 4. The first-order valence-corrected chi connectivity index (χ1v) is 30.5. The van der Waals surface area contributed by atoms with Crippen LogP contribution in [0.5, 0.6) is 0 Å². The number of imide groups is 4. The number of rotatable bonds is 53. The molecule has 4 rings (SSSR count). The Balaban J connectivity index is 1.22. The number of carbonyl (C=O) groups excluding carboxylic acids is 16. The molecule has 93 heavy (non-hydrogen) atoms. The van der Waals surface area contributed by atoms with Crippen molar-refractivity contribution in [2.24, 2.45) is 5.41 Å². The number of hydroxylamine groups is 6. The molecule has 8 amide bonds. The molecule has 0 aromatic heterocycles. The Bertz CT molecular complexity index is 2150. The third kappa shape index (κ3) is 32.6. The van der Waals surface area contributed by atoms with Gasteiger partial charge in [-0.15, -0.1) is 15.2 Å². The van der Waals surface area contributed by atoms with Crippen molar-refractivity contribution in [3.63, 3.8) is 0 Å². The normalized spacial score (nSPS) is 15.0. The molecule has 4 heterocycles. The van der Waals surface area contributed by atoms with Gasteiger partial charge < -0.3 is 71.4 Å². The number of hydrogen-bond donors (Lipinski definition) is 0. The molecule has 0 N–H and O–H groups in total. The first-order chi connectivity index (χ1) is 44.7. The summed E-state index contributed by atoms with van der Waals surface area (Å²) in [6.45, 7) is -0.771. The molecule has 4 aliphatic rings. The van der Waals surface area contributed by atoms with Crippen LogP contribution >= 0.6 is 0 Å². The van der Waals surface area contributed by atoms with Gasteiger partial charge in [0.15, 0.2) is 5.78 Å². The summed E-state index contributed by atoms with van der Waals surface area (Å²) in [7, 11) is 0. The predicted molar refractivity (Wildman–Crippen MR) is 301 cm³/mol. The first kappa shape index (κ1) is 77.6. The average molecular weight is 1330 g/mol. The highest BCUT2D eigenvalue weighted by molar-refractivity contribution is 6.05. The van der Waals surface area contributed by atoms with Crippen molar-refractivity contribution in [3.05, 3.63) is 0 Å². The molecule has 0 radical (unpaired) electrons. The Morgan fingerprint density at radius 1 is 0.269 bits per heavy atom. The van der Waals surface area contributed by atoms with Gasteiger partial charge in [0.2, 0.25) is 11.8 Å². The molecule has 0 unspecified atom stereocenters. The zero-order valence-corrected chi connectivity index (χ0v) is 51.9. The summed E-state index contributed by atoms with van der Waals surface area (Å²) in [5.41, 5.74) is -1.04. The van der Waals surface area contributed by atoms with E-state index < -0.39 is 94.5 Å². The Morgan fingerprint density at radius 3 is 0.753 bits per heavy atom. The quantitative estimate of drug-likeness (QED) is 0.0320. The third-order valence-electron chi connectivity index (χ3n) is 13.3. The molecule has 520 valence electrons. The summed E-state index contributed by atoms with van der Waals surface area (Å²) in [6.07, 6.45) is -1.21. The molecule has 0 saturated carbocycles. The van der Waals surface area contributed by atoms with Crippen molar-refractivity contribution in [1.82, 2.24) is 20.1 Å². The molecule has 4 saturated heterocycles. The smallest absolute Gasteiger partial charge is 0.333 e. The zero-order chi connectivity index (χ0) is 67.6. The van der Waals surface area contributed by atoms with E-state index in [1.807, 2.05) is 0 Å². The van der Waals surface area contributed by atoms with Gasteiger partial charge >= 0.3 is 41.8 Å². The van der Waals surface area contributed by atoms with Crippen molar-refractivity contribution in [3.8, 4) is 0 Å². The molecule has 0 aromatic carbocycles. The maximum atomic E-state index is 12.3. The summed E-state index contributed by atoms with van der Waals surface area (Å²) in [6, 6.07) is 0. The summed E-state index contributed by atoms with van der Waals surface area (Å²) >= 11 is 0. The lowest BCUT2D eigenvalue weighted by molar-refractivity contribution is -0.197. The van der Waals surface area contributed by atoms with E-state index >= 15 is 0 Å². The van der Waals surface area contributed by atoms with Gasteiger partial charge in [-0.25, -0.2) is 14.4 Å². The van der Waals surface area contributed by atoms with Crippen molar-refractivity contribution >= 4 is 94.8 Å². The molecular formula is C58H82N4O31. The highest BCUT2D eigenvalue weighted by Crippen LogP contribution is 2.22. The van der Waals surface area contributed by atoms with Crippen molar-refractivity contribution in [1.29, 1.82) is 0 Å². The van der Waals surface area contributed by atoms with Gasteiger partial charge in [0.05, 0.1) is 118 Å². The number of amides is 8. The number of carbonyl (C=O) groups is 16. The van der Waals surface area contributed by atoms with Crippen molar-refractivity contribution in [2.75, 3.05) is 139 Å². The lowest BCUT2D eigenvalue weighted by Gasteiger charge is -2.33. The zero-order valence-electron chi connectivity index (χ0n) is 51.9. The third-order valence-corrected chi connectivity index (χ3v) is 13.3. The Labute approximate surface area is 534 Å². The second-order valence-electron chi connectivity index (χ2n) is 21.0. The predicted octanol–water partition coefficient (Wildman–Crippen LogP) is -0.501. The molecule has 35 heteroatoms. The van der Waals surface area contributed by atoms with Gasteiger partial charge in [0.25, 0.3) is 35.4 Å². The fraction of sp³-hybridized carbons (Fsp3) is 0.724. The van der Waals surface area contributed by atoms with Crippen LogP contribution in [-0.4, -0.2) is 254 Å². The number of hydrogen-bond acceptors (Lipinski definition) is 31. The summed E-state index contributed by atoms with van der Waals surface area (Å²) < 4.78 is 67.2. The van der Waals surface area contributed by atoms with Gasteiger partial charge in [0.1, 0.15) is 26.4 Å². The molecule has 0 aromatic rings. The molecule has 0 bridgehead atoms. The molecule has 0 spiro atoms. The van der Waals surface area contributed by atoms with Gasteiger partial charge in [-0.1, -0.05) is 0 Å². The van der Waals surface area contributed by atoms with E-state index in [4.69, 9.17) is 71.4 Å². The minimum Gasteiger partial charge on any atom is -0.463 e. The summed E-state index contributed by atoms with van der Waals surface area (Å²) in [5.74, 6) is -9.93. The highest BCUT2D eigenvalue weighted by Gasteiger charge is 2.36. The number of ketones is 1. The summed E-state index contributed by atoms with van der Waals surface area (Å²) in [4.78, 5) is 206. The van der Waals surface area contributed by atoms with Crippen LogP contribution in [0.3, 0.4) is 0 Å². The highest BCUT2D eigenvalue weighted by atomic mass is 16.7. The van der Waals surface area contributed by atoms with Crippen LogP contribution < -0.4 is 0 Å². The van der Waals surface area contributed by atoms with Crippen LogP contribution in [0.2, 0.25) is 0 Å². The Morgan fingerprint density at radius 2 is 0.484 bits per heavy atom. The topological polar surface area (TPSA) is 425 Å². The van der Waals surface area contributed by atoms with Crippen LogP contribution in [-0.2, 0) is 148 Å². The second kappa shape index (κ2) is 44.7. The second-order valence-corrected chi connectivity index (χ2v) is 21.0. The number of Topliss-reactive ketones (excluding diaryl/α,β-unsaturated/α-hetero) is 1. The molecular weight excluding hydrogens is 1250 g/mol. The summed E-state index contributed by atoms with van der Waals surface area (Å²) in [5, 5.41) is 1.26. The lowest BCUT2D eigenvalue weighted by Crippen LogP contribution is -2.43. The Kier molecular flexibility index (Phi) is 37.3. The van der Waals surface area contributed by atoms with E-state index in [0.717, 1.165) is 4.90 Å². The average Bonchev–Trinajstić information content (AvgIpc) is 2.23. The number of ether oxygens (including phenoxy) is 12. The molecule has 4 fully saturated rings. The van der Waals surface area contributed by atoms with E-state index in [1.54, 1.807) is 0 Å². The van der Waals surface area contributed by atoms with Crippen molar-refractivity contribution < 1.29 is 148 Å². The van der Waals surface area contributed by atoms with Crippen LogP contribution in [0.1, 0.15) is 128 Å². The van der Waals surface area contributed by atoms with Crippen molar-refractivity contribution in [2.45, 2.75) is 128 Å². The minimum atomic E-state index is -1.04. The van der Waals surface area contributed by atoms with Crippen LogP contribution in [0, 0.1) is 5.41 Å². The molecule has 35 nitrogen and oxygen atoms in total. The molecule has 0 aliphatic carbocycles. The lowest BCUT2D eigenvalue weighted by atomic mass is 9.92. The number of likely N-dealkylation sites (tertiary alicyclic amines) is 1. The number of esters is 4. The maximum absolute atomic E-state index is 12.3. The molecule has 4 aliphatic heterocycles. The maximum Gasteiger partial charge on any atom is 0.333 e. The monoisotopic (exact) mass is 1330 g/mol. The van der Waals surface area contributed by atoms with E-state index in [2.05, 4.69) is 0 Å². The van der Waals surface area contributed by atoms with E-state index in [9.17, 15) is 76.7 Å². The van der Waals surface area contributed by atoms with Gasteiger partial charge in [-0.05, 0) is 25.7 Å². The van der Waals surface area contributed by atoms with Crippen LogP contribution in [0.25, 0.3) is 0 Å². The van der Waals surface area contributed by atoms with Gasteiger partial charge in [-0.2, -0.15) is 0 Å². The van der Waals surface area contributed by atoms with E-state index in [1.165, 1.54) is 0 Å². The molecule has 0 atom stereocenters.